The van der Waals surface area contributed by atoms with E-state index in [1.807, 2.05) is 24.3 Å². The lowest BCUT2D eigenvalue weighted by Crippen LogP contribution is -2.30. The maximum atomic E-state index is 13.8. The predicted molar refractivity (Wildman–Crippen MR) is 89.2 cm³/mol. The fraction of sp³-hybridized carbons (Fsp3) is 0.353. The normalized spacial score (nSPS) is 21.7. The Morgan fingerprint density at radius 1 is 1.35 bits per heavy atom. The first-order chi connectivity index (χ1) is 11.2. The Morgan fingerprint density at radius 2 is 2.26 bits per heavy atom. The molecule has 2 N–H and O–H groups in total. The number of rotatable bonds is 4. The Hall–Kier alpha value is -1.69. The van der Waals surface area contributed by atoms with Crippen molar-refractivity contribution in [2.45, 2.75) is 6.10 Å². The van der Waals surface area contributed by atoms with Crippen LogP contribution in [0.1, 0.15) is 11.7 Å². The Kier molecular flexibility index (Phi) is 5.43. The molecule has 2 atom stereocenters. The van der Waals surface area contributed by atoms with Crippen LogP contribution in [0.15, 0.2) is 42.6 Å². The van der Waals surface area contributed by atoms with Gasteiger partial charge in [0.15, 0.2) is 0 Å². The van der Waals surface area contributed by atoms with Crippen LogP contribution < -0.4 is 10.6 Å². The number of halogens is 2. The van der Waals surface area contributed by atoms with E-state index in [1.54, 1.807) is 12.3 Å². The molecule has 2 heterocycles. The molecule has 0 bridgehead atoms. The number of hydrogen-bond acceptors (Lipinski definition) is 4. The van der Waals surface area contributed by atoms with Crippen molar-refractivity contribution >= 4 is 17.4 Å². The molecule has 4 nitrogen and oxygen atoms in total. The maximum Gasteiger partial charge on any atom is 0.142 e. The Balaban J connectivity index is 1.75. The summed E-state index contributed by atoms with van der Waals surface area (Å²) in [6, 6.07) is 10.6. The largest absolute Gasteiger partial charge is 0.372 e. The number of benzene rings is 1. The highest BCUT2D eigenvalue weighted by atomic mass is 35.5. The molecule has 0 unspecified atom stereocenters. The monoisotopic (exact) mass is 335 g/mol. The van der Waals surface area contributed by atoms with Gasteiger partial charge in [0.05, 0.1) is 17.7 Å². The molecule has 1 aliphatic rings. The van der Waals surface area contributed by atoms with E-state index in [0.717, 1.165) is 24.5 Å². The fourth-order valence-electron chi connectivity index (χ4n) is 2.73. The van der Waals surface area contributed by atoms with Gasteiger partial charge < -0.3 is 15.4 Å². The van der Waals surface area contributed by atoms with Crippen LogP contribution >= 0.6 is 11.6 Å². The lowest BCUT2D eigenvalue weighted by molar-refractivity contribution is 0.0342. The average molecular weight is 336 g/mol. The summed E-state index contributed by atoms with van der Waals surface area (Å²) >= 11 is 5.78. The minimum atomic E-state index is -0.415. The van der Waals surface area contributed by atoms with E-state index in [-0.39, 0.29) is 17.0 Å². The van der Waals surface area contributed by atoms with E-state index < -0.39 is 5.82 Å². The third-order valence-electron chi connectivity index (χ3n) is 3.89. The van der Waals surface area contributed by atoms with Crippen molar-refractivity contribution in [2.24, 2.45) is 5.92 Å². The first-order valence-corrected chi connectivity index (χ1v) is 8.04. The summed E-state index contributed by atoms with van der Waals surface area (Å²) in [6.07, 6.45) is 1.56. The topological polar surface area (TPSA) is 46.2 Å². The van der Waals surface area contributed by atoms with Crippen molar-refractivity contribution in [1.29, 1.82) is 0 Å². The molecular formula is C17H19ClFN3O. The standard InChI is InChI=1S/C17H19ClFN3O/c18-14-5-4-12(9-15(14)19)17-13(10-20-7-8-23-17)11-22-16-3-1-2-6-21-16/h1-6,9,13,17,20H,7-8,10-11H2,(H,21,22)/t13-,17-/m0/s1. The van der Waals surface area contributed by atoms with Gasteiger partial charge in [0.2, 0.25) is 0 Å². The minimum Gasteiger partial charge on any atom is -0.372 e. The second-order valence-corrected chi connectivity index (χ2v) is 5.93. The molecule has 1 aliphatic heterocycles. The number of aromatic nitrogens is 1. The van der Waals surface area contributed by atoms with Crippen molar-refractivity contribution in [3.8, 4) is 0 Å². The van der Waals surface area contributed by atoms with Crippen LogP contribution in [0, 0.1) is 11.7 Å². The summed E-state index contributed by atoms with van der Waals surface area (Å²) < 4.78 is 19.7. The molecule has 6 heteroatoms. The molecule has 0 radical (unpaired) electrons. The van der Waals surface area contributed by atoms with Gasteiger partial charge in [0.1, 0.15) is 11.6 Å². The van der Waals surface area contributed by atoms with Gasteiger partial charge in [0, 0.05) is 31.7 Å². The van der Waals surface area contributed by atoms with E-state index in [2.05, 4.69) is 15.6 Å². The first-order valence-electron chi connectivity index (χ1n) is 7.66. The third kappa shape index (κ3) is 4.19. The van der Waals surface area contributed by atoms with E-state index in [0.29, 0.717) is 13.2 Å². The van der Waals surface area contributed by atoms with Crippen LogP contribution in [0.25, 0.3) is 0 Å². The predicted octanol–water partition coefficient (Wildman–Crippen LogP) is 3.26. The highest BCUT2D eigenvalue weighted by Gasteiger charge is 2.26. The first kappa shape index (κ1) is 16.2. The second kappa shape index (κ2) is 7.73. The summed E-state index contributed by atoms with van der Waals surface area (Å²) in [7, 11) is 0. The van der Waals surface area contributed by atoms with Gasteiger partial charge in [-0.2, -0.15) is 0 Å². The number of pyridine rings is 1. The number of nitrogens with one attached hydrogen (secondary N) is 2. The van der Waals surface area contributed by atoms with Gasteiger partial charge in [-0.25, -0.2) is 9.37 Å². The van der Waals surface area contributed by atoms with Crippen LogP contribution in [0.2, 0.25) is 5.02 Å². The quantitative estimate of drug-likeness (QED) is 0.900. The zero-order chi connectivity index (χ0) is 16.1. The van der Waals surface area contributed by atoms with Crippen molar-refractivity contribution in [3.63, 3.8) is 0 Å². The molecule has 0 saturated carbocycles. The van der Waals surface area contributed by atoms with Gasteiger partial charge in [0.25, 0.3) is 0 Å². The number of ether oxygens (including phenoxy) is 1. The van der Waals surface area contributed by atoms with Crippen molar-refractivity contribution in [3.05, 3.63) is 59.0 Å². The smallest absolute Gasteiger partial charge is 0.142 e. The fourth-order valence-corrected chi connectivity index (χ4v) is 2.85. The van der Waals surface area contributed by atoms with E-state index in [1.165, 1.54) is 6.07 Å². The maximum absolute atomic E-state index is 13.8. The average Bonchev–Trinajstić information content (AvgIpc) is 2.82. The number of hydrogen-bond donors (Lipinski definition) is 2. The Bertz CT molecular complexity index is 641. The zero-order valence-corrected chi connectivity index (χ0v) is 13.4. The van der Waals surface area contributed by atoms with Crippen LogP contribution in [-0.4, -0.2) is 31.2 Å². The highest BCUT2D eigenvalue weighted by molar-refractivity contribution is 6.30. The molecule has 0 aliphatic carbocycles. The summed E-state index contributed by atoms with van der Waals surface area (Å²) in [4.78, 5) is 4.26. The molecule has 1 saturated heterocycles. The molecule has 23 heavy (non-hydrogen) atoms. The Morgan fingerprint density at radius 3 is 3.04 bits per heavy atom. The molecule has 3 rings (SSSR count). The van der Waals surface area contributed by atoms with E-state index >= 15 is 0 Å². The van der Waals surface area contributed by atoms with Gasteiger partial charge >= 0.3 is 0 Å². The van der Waals surface area contributed by atoms with Gasteiger partial charge in [-0.3, -0.25) is 0 Å². The van der Waals surface area contributed by atoms with Gasteiger partial charge in [-0.1, -0.05) is 23.7 Å². The highest BCUT2D eigenvalue weighted by Crippen LogP contribution is 2.30. The molecule has 1 aromatic heterocycles. The number of anilines is 1. The van der Waals surface area contributed by atoms with Crippen LogP contribution in [0.3, 0.4) is 0 Å². The third-order valence-corrected chi connectivity index (χ3v) is 4.20. The molecule has 0 spiro atoms. The molecule has 122 valence electrons. The molecule has 1 fully saturated rings. The molecule has 2 aromatic rings. The zero-order valence-electron chi connectivity index (χ0n) is 12.6. The van der Waals surface area contributed by atoms with Crippen LogP contribution in [0.5, 0.6) is 0 Å². The molecular weight excluding hydrogens is 317 g/mol. The van der Waals surface area contributed by atoms with E-state index in [4.69, 9.17) is 16.3 Å². The van der Waals surface area contributed by atoms with Crippen LogP contribution in [-0.2, 0) is 4.74 Å². The number of nitrogens with zero attached hydrogens (tertiary/aromatic N) is 1. The van der Waals surface area contributed by atoms with Gasteiger partial charge in [-0.15, -0.1) is 0 Å². The van der Waals surface area contributed by atoms with Crippen LogP contribution in [0.4, 0.5) is 10.2 Å². The summed E-state index contributed by atoms with van der Waals surface area (Å²) in [5, 5.41) is 6.80. The second-order valence-electron chi connectivity index (χ2n) is 5.53. The van der Waals surface area contributed by atoms with Crippen molar-refractivity contribution in [1.82, 2.24) is 10.3 Å². The lowest BCUT2D eigenvalue weighted by atomic mass is 9.95. The molecule has 0 amide bonds. The molecule has 1 aromatic carbocycles. The lowest BCUT2D eigenvalue weighted by Gasteiger charge is -2.25. The summed E-state index contributed by atoms with van der Waals surface area (Å²) in [6.45, 7) is 2.84. The Labute approximate surface area is 140 Å². The summed E-state index contributed by atoms with van der Waals surface area (Å²) in [5.41, 5.74) is 0.809. The van der Waals surface area contributed by atoms with E-state index in [9.17, 15) is 4.39 Å². The van der Waals surface area contributed by atoms with Gasteiger partial charge in [-0.05, 0) is 29.8 Å². The van der Waals surface area contributed by atoms with Crippen molar-refractivity contribution in [2.75, 3.05) is 31.6 Å². The van der Waals surface area contributed by atoms with Crippen molar-refractivity contribution < 1.29 is 9.13 Å². The summed E-state index contributed by atoms with van der Waals surface area (Å²) in [5.74, 6) is 0.555. The minimum absolute atomic E-state index is 0.128. The SMILES string of the molecule is Fc1cc([C@@H]2OCCNC[C@H]2CNc2ccccn2)ccc1Cl.